The van der Waals surface area contributed by atoms with E-state index in [1.165, 1.54) is 0 Å². The van der Waals surface area contributed by atoms with E-state index in [2.05, 4.69) is 17.2 Å². The van der Waals surface area contributed by atoms with Gasteiger partial charge in [0, 0.05) is 12.7 Å². The van der Waals surface area contributed by atoms with Crippen LogP contribution < -0.4 is 5.32 Å². The standard InChI is InChI=1S/C14H18ClN3O/c1-3-4-5-8-16-14(19)13-10(2)17-12-7-6-11(15)9-18(12)13/h6-7,9H,3-5,8H2,1-2H3,(H,16,19). The molecule has 0 unspecified atom stereocenters. The number of nitrogens with zero attached hydrogens (tertiary/aromatic N) is 2. The fraction of sp³-hybridized carbons (Fsp3) is 0.429. The number of hydrogen-bond acceptors (Lipinski definition) is 2. The zero-order valence-electron chi connectivity index (χ0n) is 11.2. The molecule has 1 amide bonds. The summed E-state index contributed by atoms with van der Waals surface area (Å²) in [5.74, 6) is -0.0941. The Labute approximate surface area is 117 Å². The highest BCUT2D eigenvalue weighted by Gasteiger charge is 2.16. The molecule has 2 rings (SSSR count). The van der Waals surface area contributed by atoms with E-state index in [-0.39, 0.29) is 5.91 Å². The molecule has 2 heterocycles. The van der Waals surface area contributed by atoms with Crippen LogP contribution in [0.5, 0.6) is 0 Å². The normalized spacial score (nSPS) is 10.9. The van der Waals surface area contributed by atoms with E-state index in [0.717, 1.165) is 30.6 Å². The monoisotopic (exact) mass is 279 g/mol. The maximum Gasteiger partial charge on any atom is 0.270 e. The van der Waals surface area contributed by atoms with Crippen LogP contribution in [0.3, 0.4) is 0 Å². The molecule has 0 aliphatic carbocycles. The van der Waals surface area contributed by atoms with E-state index >= 15 is 0 Å². The minimum Gasteiger partial charge on any atom is -0.351 e. The largest absolute Gasteiger partial charge is 0.351 e. The summed E-state index contributed by atoms with van der Waals surface area (Å²) in [6, 6.07) is 3.58. The van der Waals surface area contributed by atoms with E-state index in [0.29, 0.717) is 17.3 Å². The summed E-state index contributed by atoms with van der Waals surface area (Å²) in [6.45, 7) is 4.67. The lowest BCUT2D eigenvalue weighted by Crippen LogP contribution is -2.26. The van der Waals surface area contributed by atoms with Gasteiger partial charge in [-0.2, -0.15) is 0 Å². The second kappa shape index (κ2) is 6.06. The van der Waals surface area contributed by atoms with Gasteiger partial charge in [0.2, 0.25) is 0 Å². The van der Waals surface area contributed by atoms with Crippen LogP contribution in [0.25, 0.3) is 5.65 Å². The molecule has 0 aliphatic heterocycles. The molecule has 0 spiro atoms. The zero-order valence-corrected chi connectivity index (χ0v) is 12.0. The Kier molecular flexibility index (Phi) is 4.43. The van der Waals surface area contributed by atoms with Gasteiger partial charge in [-0.05, 0) is 25.5 Å². The van der Waals surface area contributed by atoms with Crippen molar-refractivity contribution < 1.29 is 4.79 Å². The zero-order chi connectivity index (χ0) is 13.8. The Hall–Kier alpha value is -1.55. The third kappa shape index (κ3) is 3.07. The van der Waals surface area contributed by atoms with Crippen molar-refractivity contribution in [2.75, 3.05) is 6.54 Å². The molecule has 0 bridgehead atoms. The van der Waals surface area contributed by atoms with Gasteiger partial charge in [0.25, 0.3) is 5.91 Å². The van der Waals surface area contributed by atoms with Gasteiger partial charge in [-0.3, -0.25) is 9.20 Å². The third-order valence-corrected chi connectivity index (χ3v) is 3.26. The van der Waals surface area contributed by atoms with E-state index < -0.39 is 0 Å². The highest BCUT2D eigenvalue weighted by atomic mass is 35.5. The molecular weight excluding hydrogens is 262 g/mol. The number of imidazole rings is 1. The highest BCUT2D eigenvalue weighted by molar-refractivity contribution is 6.30. The molecule has 5 heteroatoms. The predicted octanol–water partition coefficient (Wildman–Crippen LogP) is 3.22. The minimum atomic E-state index is -0.0941. The molecule has 2 aromatic rings. The fourth-order valence-electron chi connectivity index (χ4n) is 2.07. The van der Waals surface area contributed by atoms with Crippen LogP contribution in [0.1, 0.15) is 42.4 Å². The average molecular weight is 280 g/mol. The molecule has 0 radical (unpaired) electrons. The first kappa shape index (κ1) is 13.9. The lowest BCUT2D eigenvalue weighted by Gasteiger charge is -2.05. The van der Waals surface area contributed by atoms with Gasteiger partial charge in [-0.25, -0.2) is 4.98 Å². The van der Waals surface area contributed by atoms with Crippen LogP contribution in [0.2, 0.25) is 5.02 Å². The quantitative estimate of drug-likeness (QED) is 0.854. The molecule has 0 saturated heterocycles. The summed E-state index contributed by atoms with van der Waals surface area (Å²) in [7, 11) is 0. The Morgan fingerprint density at radius 1 is 1.42 bits per heavy atom. The molecule has 0 saturated carbocycles. The van der Waals surface area contributed by atoms with Crippen LogP contribution >= 0.6 is 11.6 Å². The first-order chi connectivity index (χ1) is 9.13. The number of unbranched alkanes of at least 4 members (excludes halogenated alkanes) is 2. The first-order valence-electron chi connectivity index (χ1n) is 6.56. The van der Waals surface area contributed by atoms with Gasteiger partial charge in [-0.1, -0.05) is 31.4 Å². The Balaban J connectivity index is 2.21. The van der Waals surface area contributed by atoms with Crippen LogP contribution in [0, 0.1) is 6.92 Å². The number of pyridine rings is 1. The Morgan fingerprint density at radius 2 is 2.21 bits per heavy atom. The molecule has 0 fully saturated rings. The topological polar surface area (TPSA) is 46.4 Å². The van der Waals surface area contributed by atoms with Crippen LogP contribution in [-0.2, 0) is 0 Å². The molecule has 19 heavy (non-hydrogen) atoms. The summed E-state index contributed by atoms with van der Waals surface area (Å²) >= 11 is 5.97. The molecule has 102 valence electrons. The number of carbonyl (C=O) groups excluding carboxylic acids is 1. The van der Waals surface area contributed by atoms with Crippen molar-refractivity contribution in [1.82, 2.24) is 14.7 Å². The highest BCUT2D eigenvalue weighted by Crippen LogP contribution is 2.16. The molecule has 2 aromatic heterocycles. The molecular formula is C14H18ClN3O. The van der Waals surface area contributed by atoms with Gasteiger partial charge < -0.3 is 5.32 Å². The van der Waals surface area contributed by atoms with Crippen molar-refractivity contribution in [3.63, 3.8) is 0 Å². The fourth-order valence-corrected chi connectivity index (χ4v) is 2.23. The third-order valence-electron chi connectivity index (χ3n) is 3.04. The summed E-state index contributed by atoms with van der Waals surface area (Å²) in [5.41, 5.74) is 2.02. The average Bonchev–Trinajstić information content (AvgIpc) is 2.70. The Bertz CT molecular complexity index is 592. The SMILES string of the molecule is CCCCCNC(=O)c1c(C)nc2ccc(Cl)cn12. The van der Waals surface area contributed by atoms with Gasteiger partial charge in [0.15, 0.2) is 0 Å². The number of carbonyl (C=O) groups is 1. The summed E-state index contributed by atoms with van der Waals surface area (Å²) in [4.78, 5) is 16.6. The summed E-state index contributed by atoms with van der Waals surface area (Å²) in [6.07, 6.45) is 4.98. The number of aromatic nitrogens is 2. The maximum atomic E-state index is 12.2. The van der Waals surface area contributed by atoms with Crippen molar-refractivity contribution in [2.24, 2.45) is 0 Å². The van der Waals surface area contributed by atoms with Gasteiger partial charge >= 0.3 is 0 Å². The van der Waals surface area contributed by atoms with Crippen molar-refractivity contribution in [3.05, 3.63) is 34.7 Å². The maximum absolute atomic E-state index is 12.2. The number of aryl methyl sites for hydroxylation is 1. The lowest BCUT2D eigenvalue weighted by molar-refractivity contribution is 0.0946. The summed E-state index contributed by atoms with van der Waals surface area (Å²) in [5, 5.41) is 3.52. The molecule has 0 atom stereocenters. The van der Waals surface area contributed by atoms with Gasteiger partial charge in [-0.15, -0.1) is 0 Å². The Morgan fingerprint density at radius 3 is 2.95 bits per heavy atom. The molecule has 0 aliphatic rings. The van der Waals surface area contributed by atoms with Gasteiger partial charge in [0.1, 0.15) is 11.3 Å². The number of hydrogen-bond donors (Lipinski definition) is 1. The van der Waals surface area contributed by atoms with Crippen molar-refractivity contribution in [1.29, 1.82) is 0 Å². The van der Waals surface area contributed by atoms with E-state index in [1.54, 1.807) is 16.7 Å². The lowest BCUT2D eigenvalue weighted by atomic mass is 10.2. The smallest absolute Gasteiger partial charge is 0.270 e. The number of fused-ring (bicyclic) bond motifs is 1. The van der Waals surface area contributed by atoms with E-state index in [1.807, 2.05) is 13.0 Å². The number of rotatable bonds is 5. The predicted molar refractivity (Wildman–Crippen MR) is 76.8 cm³/mol. The van der Waals surface area contributed by atoms with E-state index in [4.69, 9.17) is 11.6 Å². The van der Waals surface area contributed by atoms with Crippen LogP contribution in [0.15, 0.2) is 18.3 Å². The molecule has 1 N–H and O–H groups in total. The number of amides is 1. The van der Waals surface area contributed by atoms with Gasteiger partial charge in [0.05, 0.1) is 10.7 Å². The minimum absolute atomic E-state index is 0.0941. The van der Waals surface area contributed by atoms with Crippen LogP contribution in [-0.4, -0.2) is 21.8 Å². The van der Waals surface area contributed by atoms with Crippen molar-refractivity contribution >= 4 is 23.2 Å². The first-order valence-corrected chi connectivity index (χ1v) is 6.93. The molecule has 4 nitrogen and oxygen atoms in total. The molecule has 0 aromatic carbocycles. The van der Waals surface area contributed by atoms with Crippen molar-refractivity contribution in [2.45, 2.75) is 33.1 Å². The number of halogens is 1. The van der Waals surface area contributed by atoms with Crippen LogP contribution in [0.4, 0.5) is 0 Å². The van der Waals surface area contributed by atoms with Crippen molar-refractivity contribution in [3.8, 4) is 0 Å². The number of nitrogens with one attached hydrogen (secondary N) is 1. The second-order valence-corrected chi connectivity index (χ2v) is 5.02. The summed E-state index contributed by atoms with van der Waals surface area (Å²) < 4.78 is 1.74. The van der Waals surface area contributed by atoms with E-state index in [9.17, 15) is 4.79 Å². The second-order valence-electron chi connectivity index (χ2n) is 4.58.